The predicted molar refractivity (Wildman–Crippen MR) is 155 cm³/mol. The molecule has 0 fully saturated rings. The fourth-order valence-corrected chi connectivity index (χ4v) is 7.28. The van der Waals surface area contributed by atoms with Crippen LogP contribution < -0.4 is 5.73 Å². The monoisotopic (exact) mass is 656 g/mol. The van der Waals surface area contributed by atoms with Crippen molar-refractivity contribution in [2.75, 3.05) is 23.5 Å². The Morgan fingerprint density at radius 2 is 1.40 bits per heavy atom. The molecule has 0 saturated heterocycles. The Labute approximate surface area is 239 Å². The van der Waals surface area contributed by atoms with Gasteiger partial charge in [0.25, 0.3) is 10.1 Å². The number of nitrogens with two attached hydrogens (primary N) is 1. The van der Waals surface area contributed by atoms with Crippen molar-refractivity contribution >= 4 is 46.9 Å². The van der Waals surface area contributed by atoms with Gasteiger partial charge in [-0.05, 0) is 34.6 Å². The summed E-state index contributed by atoms with van der Waals surface area (Å²) in [5.74, 6) is 0. The number of unbranched alkanes of at least 4 members (excludes halogenated alkanes) is 1. The molecule has 0 aromatic heterocycles. The average Bonchev–Trinajstić information content (AvgIpc) is 2.67. The normalized spacial score (nSPS) is 11.0. The van der Waals surface area contributed by atoms with Crippen LogP contribution in [0.2, 0.25) is 0 Å². The molecular formula is C26H43Cl2NO3PPdS-. The maximum atomic E-state index is 9.19. The maximum absolute atomic E-state index is 9.19. The van der Waals surface area contributed by atoms with Crippen molar-refractivity contribution in [1.29, 1.82) is 0 Å². The van der Waals surface area contributed by atoms with E-state index in [-0.39, 0.29) is 33.7 Å². The van der Waals surface area contributed by atoms with Crippen LogP contribution in [-0.2, 0) is 30.5 Å². The molecule has 3 N–H and O–H groups in total. The summed E-state index contributed by atoms with van der Waals surface area (Å²) >= 11 is 9.53. The summed E-state index contributed by atoms with van der Waals surface area (Å²) in [6.45, 7) is 16.7. The number of hydrogen-bond acceptors (Lipinski definition) is 3. The molecule has 0 spiro atoms. The van der Waals surface area contributed by atoms with Crippen molar-refractivity contribution < 1.29 is 33.4 Å². The van der Waals surface area contributed by atoms with Gasteiger partial charge >= 0.3 is 0 Å². The second-order valence-electron chi connectivity index (χ2n) is 9.54. The van der Waals surface area contributed by atoms with Crippen molar-refractivity contribution in [2.45, 2.75) is 71.6 Å². The van der Waals surface area contributed by atoms with E-state index in [1.54, 1.807) is 0 Å². The van der Waals surface area contributed by atoms with E-state index < -0.39 is 10.1 Å². The minimum atomic E-state index is -3.67. The quantitative estimate of drug-likeness (QED) is 0.0863. The van der Waals surface area contributed by atoms with Gasteiger partial charge < -0.3 is 5.73 Å². The molecule has 35 heavy (non-hydrogen) atoms. The molecule has 0 aliphatic carbocycles. The molecule has 0 saturated carbocycles. The largest absolute Gasteiger partial charge is 0.406 e. The van der Waals surface area contributed by atoms with Crippen LogP contribution in [0.3, 0.4) is 0 Å². The first-order chi connectivity index (χ1) is 15.5. The topological polar surface area (TPSA) is 80.4 Å². The van der Waals surface area contributed by atoms with E-state index in [0.717, 1.165) is 16.8 Å². The number of rotatable bonds is 4. The third kappa shape index (κ3) is 22.7. The molecule has 0 aliphatic heterocycles. The van der Waals surface area contributed by atoms with Crippen LogP contribution in [0.1, 0.15) is 61.3 Å². The minimum absolute atomic E-state index is 0. The molecule has 0 atom stereocenters. The predicted octanol–water partition coefficient (Wildman–Crippen LogP) is 8.52. The summed E-state index contributed by atoms with van der Waals surface area (Å²) in [6.07, 6.45) is 4.90. The van der Waals surface area contributed by atoms with Gasteiger partial charge in [-0.25, -0.2) is 0 Å². The zero-order valence-corrected chi connectivity index (χ0v) is 27.0. The standard InChI is InChI=1S/C12H10N.C12H27P.CH2Cl2.CH4O3S.Pd/c13-12-9-5-4-8-11(12)10-6-2-1-3-7-10;1-8-9-10-13(11(2,3)4)12(5,6)7;2-1-3;1-5(2,3)4;/h1-6,8-9H,13H2;8-10H2,1-7H3;1H2;1H3,(H,2,3,4);/q-1;;;;. The van der Waals surface area contributed by atoms with Gasteiger partial charge in [0.05, 0.1) is 11.6 Å². The molecule has 2 aromatic rings. The van der Waals surface area contributed by atoms with E-state index in [1.807, 2.05) is 48.5 Å². The molecule has 206 valence electrons. The number of benzene rings is 2. The molecule has 0 radical (unpaired) electrons. The summed E-state index contributed by atoms with van der Waals surface area (Å²) in [5, 5.41) is 1.23. The van der Waals surface area contributed by atoms with E-state index >= 15 is 0 Å². The number of halogens is 2. The summed E-state index contributed by atoms with van der Waals surface area (Å²) in [4.78, 5) is 0. The fraction of sp³-hybridized carbons (Fsp3) is 0.538. The van der Waals surface area contributed by atoms with Crippen molar-refractivity contribution in [3.8, 4) is 11.1 Å². The van der Waals surface area contributed by atoms with E-state index in [1.165, 1.54) is 19.0 Å². The molecule has 4 nitrogen and oxygen atoms in total. The molecule has 0 unspecified atom stereocenters. The molecule has 2 aromatic carbocycles. The SMILES string of the molecule is CCCCP(C(C)(C)C)C(C)(C)C.CS(=O)(=O)O.ClCCl.Nc1ccccc1-c1[c-]cccc1.[Pd]. The van der Waals surface area contributed by atoms with Gasteiger partial charge in [-0.15, -0.1) is 59.1 Å². The smallest absolute Gasteiger partial charge is 0.261 e. The van der Waals surface area contributed by atoms with Gasteiger partial charge in [0.2, 0.25) is 0 Å². The molecule has 0 aliphatic rings. The maximum Gasteiger partial charge on any atom is 0.261 e. The fourth-order valence-electron chi connectivity index (χ4n) is 3.30. The van der Waals surface area contributed by atoms with Gasteiger partial charge in [0.1, 0.15) is 0 Å². The first-order valence-electron chi connectivity index (χ1n) is 11.1. The molecule has 0 amide bonds. The number of alkyl halides is 2. The molecular weight excluding hydrogens is 615 g/mol. The van der Waals surface area contributed by atoms with Crippen molar-refractivity contribution in [3.05, 3.63) is 54.6 Å². The molecule has 0 heterocycles. The van der Waals surface area contributed by atoms with Gasteiger partial charge in [-0.2, -0.15) is 8.42 Å². The van der Waals surface area contributed by atoms with Crippen LogP contribution in [0.15, 0.2) is 48.5 Å². The van der Waals surface area contributed by atoms with E-state index in [9.17, 15) is 8.42 Å². The van der Waals surface area contributed by atoms with Crippen LogP contribution in [0.4, 0.5) is 5.69 Å². The summed E-state index contributed by atoms with van der Waals surface area (Å²) < 4.78 is 25.9. The van der Waals surface area contributed by atoms with Crippen molar-refractivity contribution in [2.24, 2.45) is 0 Å². The summed E-state index contributed by atoms with van der Waals surface area (Å²) in [7, 11) is -3.52. The molecule has 9 heteroatoms. The van der Waals surface area contributed by atoms with Crippen LogP contribution in [0, 0.1) is 6.07 Å². The number of hydrogen-bond donors (Lipinski definition) is 2. The Morgan fingerprint density at radius 1 is 0.971 bits per heavy atom. The van der Waals surface area contributed by atoms with Gasteiger partial charge in [0, 0.05) is 20.4 Å². The van der Waals surface area contributed by atoms with Crippen LogP contribution >= 0.6 is 31.1 Å². The Kier molecular flexibility index (Phi) is 22.3. The summed E-state index contributed by atoms with van der Waals surface area (Å²) in [5.41, 5.74) is 8.72. The Morgan fingerprint density at radius 3 is 1.74 bits per heavy atom. The van der Waals surface area contributed by atoms with E-state index in [2.05, 4.69) is 54.5 Å². The second-order valence-corrected chi connectivity index (χ2v) is 15.8. The third-order valence-corrected chi connectivity index (χ3v) is 8.32. The second kappa shape index (κ2) is 19.9. The van der Waals surface area contributed by atoms with Crippen LogP contribution in [0.5, 0.6) is 0 Å². The van der Waals surface area contributed by atoms with Crippen molar-refractivity contribution in [3.63, 3.8) is 0 Å². The van der Waals surface area contributed by atoms with E-state index in [4.69, 9.17) is 33.5 Å². The zero-order chi connectivity index (χ0) is 27.0. The van der Waals surface area contributed by atoms with Crippen LogP contribution in [0.25, 0.3) is 11.1 Å². The Hall–Kier alpha value is -0.178. The number of anilines is 1. The first-order valence-corrected chi connectivity index (χ1v) is 15.6. The summed E-state index contributed by atoms with van der Waals surface area (Å²) in [6, 6.07) is 18.8. The van der Waals surface area contributed by atoms with Gasteiger partial charge in [-0.3, -0.25) is 4.55 Å². The molecule has 0 bridgehead atoms. The van der Waals surface area contributed by atoms with E-state index in [0.29, 0.717) is 16.6 Å². The third-order valence-electron chi connectivity index (χ3n) is 4.31. The average molecular weight is 658 g/mol. The number of nitrogen functional groups attached to an aromatic ring is 1. The van der Waals surface area contributed by atoms with Crippen molar-refractivity contribution in [1.82, 2.24) is 0 Å². The Balaban J connectivity index is -0.000000441. The van der Waals surface area contributed by atoms with Gasteiger partial charge in [-0.1, -0.05) is 86.6 Å². The minimum Gasteiger partial charge on any atom is -0.406 e. The Bertz CT molecular complexity index is 865. The number of para-hydroxylation sites is 1. The zero-order valence-electron chi connectivity index (χ0n) is 22.2. The molecule has 2 rings (SSSR count). The van der Waals surface area contributed by atoms with Crippen LogP contribution in [-0.4, -0.2) is 41.0 Å². The first kappa shape index (κ1) is 39.3. The van der Waals surface area contributed by atoms with Gasteiger partial charge in [0.15, 0.2) is 0 Å².